The first-order valence-electron chi connectivity index (χ1n) is 11.6. The third-order valence-electron chi connectivity index (χ3n) is 7.13. The van der Waals surface area contributed by atoms with Crippen molar-refractivity contribution in [3.63, 3.8) is 0 Å². The summed E-state index contributed by atoms with van der Waals surface area (Å²) in [5, 5.41) is 3.31. The van der Waals surface area contributed by atoms with E-state index >= 15 is 0 Å². The Morgan fingerprint density at radius 3 is 2.34 bits per heavy atom. The molecule has 6 heteroatoms. The zero-order valence-corrected chi connectivity index (χ0v) is 17.5. The van der Waals surface area contributed by atoms with Gasteiger partial charge in [0.25, 0.3) is 5.91 Å². The van der Waals surface area contributed by atoms with Gasteiger partial charge in [-0.25, -0.2) is 0 Å². The van der Waals surface area contributed by atoms with Gasteiger partial charge in [-0.2, -0.15) is 0 Å². The van der Waals surface area contributed by atoms with Crippen LogP contribution in [0.15, 0.2) is 22.8 Å². The van der Waals surface area contributed by atoms with E-state index in [0.29, 0.717) is 30.7 Å². The third-order valence-corrected chi connectivity index (χ3v) is 7.13. The van der Waals surface area contributed by atoms with Crippen LogP contribution in [0.3, 0.4) is 0 Å². The predicted octanol–water partition coefficient (Wildman–Crippen LogP) is 3.29. The minimum absolute atomic E-state index is 0.0399. The average Bonchev–Trinajstić information content (AvgIpc) is 3.48. The highest BCUT2D eigenvalue weighted by atomic mass is 16.3. The maximum Gasteiger partial charge on any atom is 0.289 e. The maximum atomic E-state index is 13.2. The summed E-state index contributed by atoms with van der Waals surface area (Å²) in [4.78, 5) is 29.9. The molecule has 1 aromatic heterocycles. The fourth-order valence-electron chi connectivity index (χ4n) is 5.45. The second-order valence-corrected chi connectivity index (χ2v) is 9.04. The van der Waals surface area contributed by atoms with Crippen LogP contribution in [0.25, 0.3) is 0 Å². The van der Waals surface area contributed by atoms with Crippen molar-refractivity contribution in [2.24, 2.45) is 11.8 Å². The number of nitrogens with one attached hydrogen (secondary N) is 1. The van der Waals surface area contributed by atoms with Crippen LogP contribution >= 0.6 is 0 Å². The number of amides is 2. The molecule has 29 heavy (non-hydrogen) atoms. The predicted molar refractivity (Wildman–Crippen MR) is 112 cm³/mol. The first-order valence-corrected chi connectivity index (χ1v) is 11.6. The molecule has 4 rings (SSSR count). The summed E-state index contributed by atoms with van der Waals surface area (Å²) in [6.07, 6.45) is 12.7. The number of piperazine rings is 1. The number of nitrogens with zero attached hydrogens (tertiary/aromatic N) is 2. The normalized spacial score (nSPS) is 23.2. The molecule has 2 saturated carbocycles. The van der Waals surface area contributed by atoms with Gasteiger partial charge in [0.05, 0.1) is 12.3 Å². The lowest BCUT2D eigenvalue weighted by Crippen LogP contribution is -2.58. The lowest BCUT2D eigenvalue weighted by molar-refractivity contribution is -0.129. The van der Waals surface area contributed by atoms with E-state index in [0.717, 1.165) is 32.5 Å². The summed E-state index contributed by atoms with van der Waals surface area (Å²) in [6.45, 7) is 3.64. The molecule has 2 aliphatic carbocycles. The van der Waals surface area contributed by atoms with Crippen LogP contribution in [0.4, 0.5) is 0 Å². The van der Waals surface area contributed by atoms with Crippen molar-refractivity contribution in [3.8, 4) is 0 Å². The number of hydrogen-bond acceptors (Lipinski definition) is 4. The first-order chi connectivity index (χ1) is 14.2. The molecule has 1 atom stereocenters. The maximum absolute atomic E-state index is 13.2. The summed E-state index contributed by atoms with van der Waals surface area (Å²) < 4.78 is 5.26. The van der Waals surface area contributed by atoms with Crippen molar-refractivity contribution in [3.05, 3.63) is 24.2 Å². The van der Waals surface area contributed by atoms with Crippen molar-refractivity contribution < 1.29 is 14.0 Å². The largest absolute Gasteiger partial charge is 0.459 e. The molecule has 160 valence electrons. The van der Waals surface area contributed by atoms with Gasteiger partial charge in [0, 0.05) is 32.7 Å². The van der Waals surface area contributed by atoms with Gasteiger partial charge in [-0.05, 0) is 49.7 Å². The zero-order valence-electron chi connectivity index (χ0n) is 17.5. The van der Waals surface area contributed by atoms with Gasteiger partial charge in [-0.3, -0.25) is 14.5 Å². The highest BCUT2D eigenvalue weighted by molar-refractivity contribution is 5.91. The molecule has 3 fully saturated rings. The van der Waals surface area contributed by atoms with E-state index < -0.39 is 0 Å². The van der Waals surface area contributed by atoms with E-state index in [2.05, 4.69) is 10.2 Å². The van der Waals surface area contributed by atoms with Gasteiger partial charge >= 0.3 is 0 Å². The fourth-order valence-corrected chi connectivity index (χ4v) is 5.45. The molecule has 1 N–H and O–H groups in total. The monoisotopic (exact) mass is 401 g/mol. The van der Waals surface area contributed by atoms with E-state index in [1.165, 1.54) is 51.2 Å². The second-order valence-electron chi connectivity index (χ2n) is 9.04. The lowest BCUT2D eigenvalue weighted by Gasteiger charge is -2.40. The molecule has 3 aliphatic rings. The van der Waals surface area contributed by atoms with E-state index in [1.807, 2.05) is 4.90 Å². The summed E-state index contributed by atoms with van der Waals surface area (Å²) in [5.41, 5.74) is 0. The molecule has 2 amide bonds. The Bertz CT molecular complexity index is 655. The number of rotatable bonds is 6. The van der Waals surface area contributed by atoms with Crippen LogP contribution in [0.1, 0.15) is 68.3 Å². The number of furan rings is 1. The van der Waals surface area contributed by atoms with Crippen LogP contribution in [0.2, 0.25) is 0 Å². The van der Waals surface area contributed by atoms with E-state index in [-0.39, 0.29) is 17.9 Å². The van der Waals surface area contributed by atoms with Crippen molar-refractivity contribution in [2.45, 2.75) is 63.8 Å². The Balaban J connectivity index is 1.34. The van der Waals surface area contributed by atoms with Gasteiger partial charge in [0.2, 0.25) is 5.91 Å². The van der Waals surface area contributed by atoms with Gasteiger partial charge in [-0.1, -0.05) is 32.1 Å². The minimum atomic E-state index is -0.0474. The molecule has 6 nitrogen and oxygen atoms in total. The standard InChI is InChI=1S/C23H35N3O3/c27-22(24-17-18-7-2-1-3-8-18)21(19-9-4-5-10-19)25-12-14-26(15-13-25)23(28)20-11-6-16-29-20/h6,11,16,18-19,21H,1-5,7-10,12-15,17H2,(H,24,27). The Morgan fingerprint density at radius 2 is 1.69 bits per heavy atom. The van der Waals surface area contributed by atoms with Gasteiger partial charge < -0.3 is 14.6 Å². The van der Waals surface area contributed by atoms with Crippen molar-refractivity contribution in [1.29, 1.82) is 0 Å². The van der Waals surface area contributed by atoms with Gasteiger partial charge in [0.1, 0.15) is 0 Å². The molecular weight excluding hydrogens is 366 g/mol. The quantitative estimate of drug-likeness (QED) is 0.794. The average molecular weight is 402 g/mol. The second kappa shape index (κ2) is 9.79. The smallest absolute Gasteiger partial charge is 0.289 e. The van der Waals surface area contributed by atoms with Gasteiger partial charge in [0.15, 0.2) is 5.76 Å². The third kappa shape index (κ3) is 5.03. The summed E-state index contributed by atoms with van der Waals surface area (Å²) >= 11 is 0. The van der Waals surface area contributed by atoms with Crippen LogP contribution in [-0.2, 0) is 4.79 Å². The Kier molecular flexibility index (Phi) is 6.90. The van der Waals surface area contributed by atoms with Crippen LogP contribution < -0.4 is 5.32 Å². The molecule has 0 spiro atoms. The Labute approximate surface area is 174 Å². The molecule has 0 aromatic carbocycles. The Hall–Kier alpha value is -1.82. The van der Waals surface area contributed by atoms with Crippen LogP contribution in [0, 0.1) is 11.8 Å². The van der Waals surface area contributed by atoms with Crippen molar-refractivity contribution >= 4 is 11.8 Å². The Morgan fingerprint density at radius 1 is 1.00 bits per heavy atom. The molecular formula is C23H35N3O3. The lowest BCUT2D eigenvalue weighted by atomic mass is 9.89. The number of carbonyl (C=O) groups excluding carboxylic acids is 2. The topological polar surface area (TPSA) is 65.8 Å². The zero-order chi connectivity index (χ0) is 20.1. The summed E-state index contributed by atoms with van der Waals surface area (Å²) in [6, 6.07) is 3.42. The SMILES string of the molecule is O=C(NCC1CCCCC1)C(C1CCCC1)N1CCN(C(=O)c2ccco2)CC1. The molecule has 1 unspecified atom stereocenters. The molecule has 1 aliphatic heterocycles. The fraction of sp³-hybridized carbons (Fsp3) is 0.739. The van der Waals surface area contributed by atoms with E-state index in [4.69, 9.17) is 4.42 Å². The van der Waals surface area contributed by atoms with Gasteiger partial charge in [-0.15, -0.1) is 0 Å². The van der Waals surface area contributed by atoms with E-state index in [9.17, 15) is 9.59 Å². The first kappa shape index (κ1) is 20.5. The summed E-state index contributed by atoms with van der Waals surface area (Å²) in [7, 11) is 0. The number of hydrogen-bond donors (Lipinski definition) is 1. The van der Waals surface area contributed by atoms with Crippen LogP contribution in [0.5, 0.6) is 0 Å². The molecule has 0 bridgehead atoms. The van der Waals surface area contributed by atoms with Crippen molar-refractivity contribution in [1.82, 2.24) is 15.1 Å². The highest BCUT2D eigenvalue weighted by Crippen LogP contribution is 2.31. The highest BCUT2D eigenvalue weighted by Gasteiger charge is 2.37. The van der Waals surface area contributed by atoms with Crippen molar-refractivity contribution in [2.75, 3.05) is 32.7 Å². The summed E-state index contributed by atoms with van der Waals surface area (Å²) in [5.74, 6) is 1.67. The van der Waals surface area contributed by atoms with E-state index in [1.54, 1.807) is 12.1 Å². The molecule has 0 radical (unpaired) electrons. The molecule has 2 heterocycles. The molecule has 1 saturated heterocycles. The minimum Gasteiger partial charge on any atom is -0.459 e. The van der Waals surface area contributed by atoms with Crippen LogP contribution in [-0.4, -0.2) is 60.4 Å². The number of carbonyl (C=O) groups is 2. The molecule has 1 aromatic rings.